The summed E-state index contributed by atoms with van der Waals surface area (Å²) in [7, 11) is 4.46. The van der Waals surface area contributed by atoms with Crippen LogP contribution in [0.15, 0.2) is 96.7 Å². The molecular weight excluding hydrogens is 1250 g/mol. The number of fused-ring (bicyclic) bond motifs is 3. The molecular formula is C65H91Br2N3O17. The first-order valence-electron chi connectivity index (χ1n) is 30.0. The Morgan fingerprint density at radius 2 is 1.41 bits per heavy atom. The average Bonchev–Trinajstić information content (AvgIpc) is 2.33. The second kappa shape index (κ2) is 35.0. The van der Waals surface area contributed by atoms with Crippen LogP contribution in [0.25, 0.3) is 0 Å². The zero-order chi connectivity index (χ0) is 62.1. The molecule has 2 aromatic rings. The molecule has 3 aliphatic heterocycles. The molecule has 0 unspecified atom stereocenters. The van der Waals surface area contributed by atoms with Crippen molar-refractivity contribution in [3.63, 3.8) is 0 Å². The molecule has 482 valence electrons. The second-order valence-electron chi connectivity index (χ2n) is 24.0. The monoisotopic (exact) mass is 1340 g/mol. The summed E-state index contributed by atoms with van der Waals surface area (Å²) in [6.07, 6.45) is 15.6. The van der Waals surface area contributed by atoms with Crippen LogP contribution in [0.5, 0.6) is 11.5 Å². The van der Waals surface area contributed by atoms with Gasteiger partial charge in [0.15, 0.2) is 41.9 Å². The first-order valence-corrected chi connectivity index (χ1v) is 30.0. The standard InChI is InChI=1S/C65H89N3O17.2BrH/c1-40-18-12-11-13-19-41(2)54(79-8)34-50-25-23-46(7)65(78,85-50)62(75)63(76)68-29-15-14-22-51(68)64(77)83-55(43(4)32-47-24-26-53(56(33-47)80-9)82-57(72)38-66-27-16-20-48(69)36-66)35-52(71)42(3)31-45(6)60(61(81-10)59(74)44(5)30-40)84-58(73)39-67-28-17-21-49(70)37-67;;/h11-13,16-21,27-28,31,36-37,40,42-44,46-47,50-51,53-56,60-61,78H,14-15,22-26,29-30,32-35,38-39H2,1-10H3;2*1H/b13-11+,18-12+,41-19+,45-31+;;/t40-,42-,43-,44-,46-,47+,50+,51+,53-,54+,55+,56-,60-,61+,65-;;/m1../s1. The number of amides is 1. The first-order chi connectivity index (χ1) is 40.4. The van der Waals surface area contributed by atoms with E-state index in [4.69, 9.17) is 33.2 Å². The molecule has 1 amide bonds. The highest BCUT2D eigenvalue weighted by Crippen LogP contribution is 2.38. The summed E-state index contributed by atoms with van der Waals surface area (Å²) < 4.78 is 45.2. The van der Waals surface area contributed by atoms with Crippen LogP contribution in [0, 0.1) is 35.5 Å². The van der Waals surface area contributed by atoms with Gasteiger partial charge in [0.1, 0.15) is 24.0 Å². The fourth-order valence-electron chi connectivity index (χ4n) is 12.3. The number of hydrogen-bond donors (Lipinski definition) is 3. The van der Waals surface area contributed by atoms with Gasteiger partial charge in [-0.15, -0.1) is 0 Å². The number of aromatic nitrogens is 2. The van der Waals surface area contributed by atoms with E-state index in [1.165, 1.54) is 40.8 Å². The Hall–Kier alpha value is -5.49. The Morgan fingerprint density at radius 3 is 2.03 bits per heavy atom. The van der Waals surface area contributed by atoms with E-state index in [9.17, 15) is 48.9 Å². The van der Waals surface area contributed by atoms with Crippen LogP contribution in [-0.2, 0) is 79.8 Å². The van der Waals surface area contributed by atoms with Crippen molar-refractivity contribution < 1.29 is 125 Å². The zero-order valence-electron chi connectivity index (χ0n) is 51.9. The van der Waals surface area contributed by atoms with Gasteiger partial charge in [-0.3, -0.25) is 19.2 Å². The molecule has 2 bridgehead atoms. The molecule has 0 spiro atoms. The Morgan fingerprint density at radius 1 is 0.759 bits per heavy atom. The number of cyclic esters (lactones) is 1. The van der Waals surface area contributed by atoms with Gasteiger partial charge in [-0.05, 0) is 119 Å². The summed E-state index contributed by atoms with van der Waals surface area (Å²) in [4.78, 5) is 101. The molecule has 3 fully saturated rings. The van der Waals surface area contributed by atoms with Crippen LogP contribution in [-0.4, -0.2) is 144 Å². The predicted octanol–water partition coefficient (Wildman–Crippen LogP) is 0.677. The minimum Gasteiger partial charge on any atom is -1.00 e. The van der Waals surface area contributed by atoms with Gasteiger partial charge >= 0.3 is 17.9 Å². The number of pyridine rings is 2. The lowest BCUT2D eigenvalue weighted by atomic mass is 9.78. The van der Waals surface area contributed by atoms with Gasteiger partial charge in [0.2, 0.25) is 31.3 Å². The lowest BCUT2D eigenvalue weighted by Gasteiger charge is -2.42. The number of ketones is 3. The molecule has 87 heavy (non-hydrogen) atoms. The Kier molecular flexibility index (Phi) is 29.8. The minimum absolute atomic E-state index is 0. The van der Waals surface area contributed by atoms with Crippen LogP contribution < -0.4 is 43.1 Å². The largest absolute Gasteiger partial charge is 1.00 e. The fourth-order valence-corrected chi connectivity index (χ4v) is 12.3. The molecule has 1 aliphatic carbocycles. The van der Waals surface area contributed by atoms with Crippen molar-refractivity contribution >= 4 is 41.2 Å². The number of ether oxygens (including phenoxy) is 7. The molecule has 5 heterocycles. The number of Topliss-reactive ketones (excluding diaryl/α,β-unsaturated/α-hetero) is 3. The average molecular weight is 1350 g/mol. The zero-order valence-corrected chi connectivity index (χ0v) is 55.1. The molecule has 3 N–H and O–H groups in total. The van der Waals surface area contributed by atoms with Crippen LogP contribution in [0.3, 0.4) is 0 Å². The second-order valence-corrected chi connectivity index (χ2v) is 24.0. The maximum Gasteiger partial charge on any atom is 0.373 e. The fraction of sp³-hybridized carbons (Fsp3) is 0.615. The maximum atomic E-state index is 14.8. The molecule has 0 radical (unpaired) electrons. The van der Waals surface area contributed by atoms with E-state index in [2.05, 4.69) is 0 Å². The van der Waals surface area contributed by atoms with Crippen LogP contribution >= 0.6 is 0 Å². The summed E-state index contributed by atoms with van der Waals surface area (Å²) in [6.45, 7) is 12.1. The van der Waals surface area contributed by atoms with Crippen molar-refractivity contribution in [2.24, 2.45) is 35.5 Å². The summed E-state index contributed by atoms with van der Waals surface area (Å²) in [5, 5.41) is 32.2. The molecule has 4 aliphatic rings. The smallest absolute Gasteiger partial charge is 0.373 e. The molecule has 0 aromatic carbocycles. The van der Waals surface area contributed by atoms with Gasteiger partial charge in [-0.25, -0.2) is 14.4 Å². The number of piperidine rings is 1. The van der Waals surface area contributed by atoms with Crippen LogP contribution in [0.1, 0.15) is 126 Å². The number of methoxy groups -OCH3 is 3. The minimum atomic E-state index is -2.49. The maximum absolute atomic E-state index is 14.8. The van der Waals surface area contributed by atoms with Gasteiger partial charge in [0, 0.05) is 70.6 Å². The van der Waals surface area contributed by atoms with Gasteiger partial charge in [0.25, 0.3) is 11.7 Å². The number of allylic oxidation sites excluding steroid dienone is 6. The van der Waals surface area contributed by atoms with Gasteiger partial charge < -0.3 is 87.3 Å². The Bertz CT molecular complexity index is 2790. The van der Waals surface area contributed by atoms with Crippen molar-refractivity contribution in [2.45, 2.75) is 193 Å². The number of nitrogens with zero attached hydrogens (tertiary/aromatic N) is 3. The topological polar surface area (TPSA) is 256 Å². The normalized spacial score (nSPS) is 32.7. The van der Waals surface area contributed by atoms with E-state index >= 15 is 0 Å². The molecule has 15 atom stereocenters. The van der Waals surface area contributed by atoms with Crippen LogP contribution in [0.4, 0.5) is 0 Å². The lowest BCUT2D eigenvalue weighted by Crippen LogP contribution is -3.00. The molecule has 6 rings (SSSR count). The van der Waals surface area contributed by atoms with E-state index in [0.717, 1.165) is 10.5 Å². The number of halogens is 2. The van der Waals surface area contributed by atoms with E-state index in [-0.39, 0.29) is 108 Å². The summed E-state index contributed by atoms with van der Waals surface area (Å²) in [6, 6.07) is 4.89. The van der Waals surface area contributed by atoms with E-state index < -0.39 is 108 Å². The molecule has 2 saturated heterocycles. The van der Waals surface area contributed by atoms with E-state index in [1.807, 2.05) is 51.2 Å². The number of rotatable bonds is 12. The molecule has 1 saturated carbocycles. The van der Waals surface area contributed by atoms with Crippen molar-refractivity contribution in [3.05, 3.63) is 96.7 Å². The van der Waals surface area contributed by atoms with Gasteiger partial charge in [-0.2, -0.15) is 9.13 Å². The van der Waals surface area contributed by atoms with E-state index in [1.54, 1.807) is 72.5 Å². The molecule has 2 aromatic heterocycles. The summed E-state index contributed by atoms with van der Waals surface area (Å²) >= 11 is 0. The quantitative estimate of drug-likeness (QED) is 0.0868. The Labute approximate surface area is 533 Å². The van der Waals surface area contributed by atoms with Gasteiger partial charge in [0.05, 0.1) is 18.3 Å². The van der Waals surface area contributed by atoms with Crippen molar-refractivity contribution in [1.29, 1.82) is 0 Å². The van der Waals surface area contributed by atoms with Crippen LogP contribution in [0.2, 0.25) is 0 Å². The number of esters is 3. The summed E-state index contributed by atoms with van der Waals surface area (Å²) in [5.41, 5.74) is 1.19. The van der Waals surface area contributed by atoms with Gasteiger partial charge in [-0.1, -0.05) is 71.1 Å². The number of aliphatic hydroxyl groups is 1. The van der Waals surface area contributed by atoms with E-state index in [0.29, 0.717) is 63.4 Å². The highest BCUT2D eigenvalue weighted by Gasteiger charge is 2.53. The number of aromatic hydroxyl groups is 2. The SMILES string of the molecule is CO[C@H]1C[C@@H]2CC[C@@H](C)[C@@](O)(O2)C(=O)C(=O)N2CCCC[C@H]2C(=O)O[C@H]([C@H](C)C[C@@H]2CC[C@@H](OC(=O)C[n+]3cccc(O)c3)[C@H](OC)C2)CC(=O)[C@H](C)/C=C(\C)[C@@H](OC(=O)C[n+]2cccc(O)c2)[C@@H](OC)C(=O)[C@H](C)C[C@H](C)/C=C/C=C/C=C/1C.[Br-].[Br-]. The highest BCUT2D eigenvalue weighted by molar-refractivity contribution is 6.39. The predicted molar refractivity (Wildman–Crippen MR) is 309 cm³/mol. The number of carbonyl (C=O) groups is 7. The third-order valence-corrected chi connectivity index (χ3v) is 17.3. The highest BCUT2D eigenvalue weighted by atomic mass is 79.9. The lowest BCUT2D eigenvalue weighted by molar-refractivity contribution is -0.686. The molecule has 22 heteroatoms. The molecule has 20 nitrogen and oxygen atoms in total. The van der Waals surface area contributed by atoms with Crippen molar-refractivity contribution in [1.82, 2.24) is 4.90 Å². The first kappa shape index (κ1) is 74.0. The number of hydrogen-bond acceptors (Lipinski definition) is 17. The Balaban J connectivity index is 0.00000810. The van der Waals surface area contributed by atoms with Crippen molar-refractivity contribution in [2.75, 3.05) is 27.9 Å². The summed E-state index contributed by atoms with van der Waals surface area (Å²) in [5.74, 6) is -10.4. The number of carbonyl (C=O) groups excluding carboxylic acids is 7. The third kappa shape index (κ3) is 20.8. The third-order valence-electron chi connectivity index (χ3n) is 17.3. The van der Waals surface area contributed by atoms with Crippen molar-refractivity contribution in [3.8, 4) is 11.5 Å².